The Morgan fingerprint density at radius 1 is 1.43 bits per heavy atom. The van der Waals surface area contributed by atoms with Gasteiger partial charge in [0.05, 0.1) is 0 Å². The Balaban J connectivity index is 1.99. The van der Waals surface area contributed by atoms with Crippen LogP contribution in [0.15, 0.2) is 12.4 Å². The molecule has 0 atom stereocenters. The number of nitrogens with two attached hydrogens (primary N) is 1. The summed E-state index contributed by atoms with van der Waals surface area (Å²) in [5.41, 5.74) is 5.79. The minimum absolute atomic E-state index is 0.597. The van der Waals surface area contributed by atoms with Gasteiger partial charge in [-0.15, -0.1) is 0 Å². The molecule has 14 heavy (non-hydrogen) atoms. The summed E-state index contributed by atoms with van der Waals surface area (Å²) >= 11 is 0. The van der Waals surface area contributed by atoms with E-state index in [1.807, 2.05) is 6.20 Å². The molecule has 2 rings (SSSR count). The number of imidazole rings is 1. The molecule has 3 heteroatoms. The van der Waals surface area contributed by atoms with E-state index < -0.39 is 0 Å². The van der Waals surface area contributed by atoms with Crippen molar-refractivity contribution in [3.8, 4) is 0 Å². The van der Waals surface area contributed by atoms with E-state index in [1.165, 1.54) is 32.1 Å². The highest BCUT2D eigenvalue weighted by Crippen LogP contribution is 2.34. The van der Waals surface area contributed by atoms with Crippen LogP contribution in [0.1, 0.15) is 45.1 Å². The monoisotopic (exact) mass is 193 g/mol. The molecular weight excluding hydrogens is 174 g/mol. The fourth-order valence-corrected chi connectivity index (χ4v) is 2.46. The number of nitrogens with zero attached hydrogens (tertiary/aromatic N) is 2. The van der Waals surface area contributed by atoms with Crippen LogP contribution in [-0.4, -0.2) is 9.55 Å². The van der Waals surface area contributed by atoms with Gasteiger partial charge in [-0.05, 0) is 31.6 Å². The Bertz CT molecular complexity index is 284. The number of nitrogen functional groups attached to an aromatic ring is 1. The molecule has 2 N–H and O–H groups in total. The Hall–Kier alpha value is -0.990. The summed E-state index contributed by atoms with van der Waals surface area (Å²) in [6.07, 6.45) is 10.3. The second kappa shape index (κ2) is 4.03. The van der Waals surface area contributed by atoms with Gasteiger partial charge in [-0.25, -0.2) is 4.98 Å². The van der Waals surface area contributed by atoms with Gasteiger partial charge >= 0.3 is 0 Å². The van der Waals surface area contributed by atoms with Crippen molar-refractivity contribution >= 4 is 5.95 Å². The van der Waals surface area contributed by atoms with Crippen LogP contribution >= 0.6 is 0 Å². The van der Waals surface area contributed by atoms with Crippen molar-refractivity contribution < 1.29 is 0 Å². The first-order valence-electron chi connectivity index (χ1n) is 5.59. The Morgan fingerprint density at radius 2 is 2.14 bits per heavy atom. The van der Waals surface area contributed by atoms with E-state index in [2.05, 4.69) is 16.5 Å². The van der Waals surface area contributed by atoms with Crippen molar-refractivity contribution in [1.82, 2.24) is 9.55 Å². The van der Waals surface area contributed by atoms with Gasteiger partial charge in [-0.3, -0.25) is 0 Å². The van der Waals surface area contributed by atoms with Crippen molar-refractivity contribution in [3.63, 3.8) is 0 Å². The standard InChI is InChI=1S/C11H19N3/c1-2-9-3-5-10(6-4-9)14-8-7-13-11(14)12/h7-10H,2-6H2,1H3,(H2,12,13). The van der Waals surface area contributed by atoms with Gasteiger partial charge in [0.25, 0.3) is 0 Å². The van der Waals surface area contributed by atoms with Crippen LogP contribution in [0, 0.1) is 5.92 Å². The molecule has 1 aromatic rings. The van der Waals surface area contributed by atoms with E-state index in [4.69, 9.17) is 5.73 Å². The molecule has 1 heterocycles. The van der Waals surface area contributed by atoms with Crippen molar-refractivity contribution in [3.05, 3.63) is 12.4 Å². The van der Waals surface area contributed by atoms with Crippen molar-refractivity contribution in [1.29, 1.82) is 0 Å². The second-order valence-corrected chi connectivity index (χ2v) is 4.28. The maximum atomic E-state index is 5.79. The lowest BCUT2D eigenvalue weighted by Crippen LogP contribution is -2.18. The molecular formula is C11H19N3. The SMILES string of the molecule is CCC1CCC(n2ccnc2N)CC1. The third-order valence-corrected chi connectivity index (χ3v) is 3.49. The highest BCUT2D eigenvalue weighted by atomic mass is 15.2. The zero-order chi connectivity index (χ0) is 9.97. The van der Waals surface area contributed by atoms with E-state index >= 15 is 0 Å². The van der Waals surface area contributed by atoms with Crippen molar-refractivity contribution in [2.24, 2.45) is 5.92 Å². The van der Waals surface area contributed by atoms with Crippen LogP contribution in [-0.2, 0) is 0 Å². The van der Waals surface area contributed by atoms with Crippen LogP contribution < -0.4 is 5.73 Å². The molecule has 1 saturated carbocycles. The van der Waals surface area contributed by atoms with Gasteiger partial charge in [0.1, 0.15) is 0 Å². The van der Waals surface area contributed by atoms with Gasteiger partial charge in [0, 0.05) is 18.4 Å². The molecule has 0 saturated heterocycles. The summed E-state index contributed by atoms with van der Waals surface area (Å²) in [6, 6.07) is 0.597. The normalized spacial score (nSPS) is 27.8. The summed E-state index contributed by atoms with van der Waals surface area (Å²) < 4.78 is 2.13. The number of aromatic nitrogens is 2. The molecule has 0 aromatic carbocycles. The Labute approximate surface area is 85.3 Å². The van der Waals surface area contributed by atoms with Crippen LogP contribution in [0.2, 0.25) is 0 Å². The predicted molar refractivity (Wildman–Crippen MR) is 57.9 cm³/mol. The average Bonchev–Trinajstić information content (AvgIpc) is 2.65. The zero-order valence-corrected chi connectivity index (χ0v) is 8.82. The van der Waals surface area contributed by atoms with E-state index in [0.29, 0.717) is 12.0 Å². The highest BCUT2D eigenvalue weighted by Gasteiger charge is 2.21. The van der Waals surface area contributed by atoms with Crippen LogP contribution in [0.5, 0.6) is 0 Å². The van der Waals surface area contributed by atoms with E-state index in [-0.39, 0.29) is 0 Å². The van der Waals surface area contributed by atoms with Gasteiger partial charge < -0.3 is 10.3 Å². The lowest BCUT2D eigenvalue weighted by atomic mass is 9.84. The summed E-state index contributed by atoms with van der Waals surface area (Å²) in [6.45, 7) is 2.29. The zero-order valence-electron chi connectivity index (χ0n) is 8.82. The molecule has 1 fully saturated rings. The fourth-order valence-electron chi connectivity index (χ4n) is 2.46. The first-order chi connectivity index (χ1) is 6.81. The predicted octanol–water partition coefficient (Wildman–Crippen LogP) is 2.61. The number of hydrogen-bond acceptors (Lipinski definition) is 2. The van der Waals surface area contributed by atoms with Gasteiger partial charge in [-0.1, -0.05) is 13.3 Å². The summed E-state index contributed by atoms with van der Waals surface area (Å²) in [7, 11) is 0. The lowest BCUT2D eigenvalue weighted by Gasteiger charge is -2.29. The molecule has 0 spiro atoms. The summed E-state index contributed by atoms with van der Waals surface area (Å²) in [4.78, 5) is 4.07. The van der Waals surface area contributed by atoms with Gasteiger partial charge in [-0.2, -0.15) is 0 Å². The molecule has 1 aliphatic rings. The topological polar surface area (TPSA) is 43.8 Å². The quantitative estimate of drug-likeness (QED) is 0.784. The minimum atomic E-state index is 0.597. The van der Waals surface area contributed by atoms with Gasteiger partial charge in [0.15, 0.2) is 5.95 Å². The van der Waals surface area contributed by atoms with E-state index in [9.17, 15) is 0 Å². The number of hydrogen-bond donors (Lipinski definition) is 1. The molecule has 0 radical (unpaired) electrons. The third kappa shape index (κ3) is 1.76. The van der Waals surface area contributed by atoms with Crippen molar-refractivity contribution in [2.75, 3.05) is 5.73 Å². The first-order valence-corrected chi connectivity index (χ1v) is 5.59. The molecule has 1 aromatic heterocycles. The third-order valence-electron chi connectivity index (χ3n) is 3.49. The maximum absolute atomic E-state index is 5.79. The van der Waals surface area contributed by atoms with Crippen LogP contribution in [0.25, 0.3) is 0 Å². The second-order valence-electron chi connectivity index (χ2n) is 4.28. The Kier molecular flexibility index (Phi) is 2.75. The molecule has 3 nitrogen and oxygen atoms in total. The van der Waals surface area contributed by atoms with Crippen LogP contribution in [0.4, 0.5) is 5.95 Å². The summed E-state index contributed by atoms with van der Waals surface area (Å²) in [5, 5.41) is 0. The maximum Gasteiger partial charge on any atom is 0.200 e. The number of anilines is 1. The molecule has 0 aliphatic heterocycles. The highest BCUT2D eigenvalue weighted by molar-refractivity contribution is 5.18. The average molecular weight is 193 g/mol. The van der Waals surface area contributed by atoms with Gasteiger partial charge in [0.2, 0.25) is 0 Å². The molecule has 0 bridgehead atoms. The molecule has 0 amide bonds. The smallest absolute Gasteiger partial charge is 0.200 e. The fraction of sp³-hybridized carbons (Fsp3) is 0.727. The molecule has 1 aliphatic carbocycles. The minimum Gasteiger partial charge on any atom is -0.369 e. The lowest BCUT2D eigenvalue weighted by molar-refractivity contribution is 0.271. The molecule has 0 unspecified atom stereocenters. The van der Waals surface area contributed by atoms with Crippen molar-refractivity contribution in [2.45, 2.75) is 45.1 Å². The summed E-state index contributed by atoms with van der Waals surface area (Å²) in [5.74, 6) is 1.61. The molecule has 78 valence electrons. The first kappa shape index (κ1) is 9.56. The van der Waals surface area contributed by atoms with Crippen LogP contribution in [0.3, 0.4) is 0 Å². The Morgan fingerprint density at radius 3 is 2.64 bits per heavy atom. The van der Waals surface area contributed by atoms with E-state index in [1.54, 1.807) is 6.20 Å². The largest absolute Gasteiger partial charge is 0.369 e. The number of rotatable bonds is 2. The van der Waals surface area contributed by atoms with E-state index in [0.717, 1.165) is 5.92 Å².